The zero-order valence-corrected chi connectivity index (χ0v) is 10.6. The maximum absolute atomic E-state index is 5.68. The van der Waals surface area contributed by atoms with E-state index in [1.807, 2.05) is 6.07 Å². The van der Waals surface area contributed by atoms with E-state index in [2.05, 4.69) is 20.9 Å². The number of nitrogens with two attached hydrogens (primary N) is 1. The van der Waals surface area contributed by atoms with Crippen LogP contribution in [0.15, 0.2) is 16.7 Å². The van der Waals surface area contributed by atoms with Crippen LogP contribution < -0.4 is 10.5 Å². The molecule has 16 heavy (non-hydrogen) atoms. The van der Waals surface area contributed by atoms with Crippen molar-refractivity contribution in [1.82, 2.24) is 4.98 Å². The highest BCUT2D eigenvalue weighted by Gasteiger charge is 2.17. The molecule has 1 saturated heterocycles. The molecule has 0 aliphatic carbocycles. The number of aromatic nitrogens is 1. The Kier molecular flexibility index (Phi) is 4.15. The fourth-order valence-electron chi connectivity index (χ4n) is 1.66. The van der Waals surface area contributed by atoms with Gasteiger partial charge in [0.2, 0.25) is 5.88 Å². The van der Waals surface area contributed by atoms with Gasteiger partial charge in [0, 0.05) is 35.3 Å². The van der Waals surface area contributed by atoms with Crippen LogP contribution in [0.5, 0.6) is 5.88 Å². The van der Waals surface area contributed by atoms with Crippen molar-refractivity contribution in [3.05, 3.63) is 22.3 Å². The second kappa shape index (κ2) is 5.61. The average molecular weight is 287 g/mol. The van der Waals surface area contributed by atoms with E-state index in [0.717, 1.165) is 29.7 Å². The summed E-state index contributed by atoms with van der Waals surface area (Å²) in [7, 11) is 0. The molecule has 2 N–H and O–H groups in total. The fourth-order valence-corrected chi connectivity index (χ4v) is 2.04. The Bertz CT molecular complexity index is 354. The molecular formula is C11H15BrN2O2. The number of hydrogen-bond donors (Lipinski definition) is 1. The molecule has 2 heterocycles. The number of ether oxygens (including phenoxy) is 2. The molecular weight excluding hydrogens is 272 g/mol. The van der Waals surface area contributed by atoms with Gasteiger partial charge in [0.1, 0.15) is 0 Å². The molecule has 1 atom stereocenters. The van der Waals surface area contributed by atoms with Crippen molar-refractivity contribution in [3.8, 4) is 5.88 Å². The van der Waals surface area contributed by atoms with Gasteiger partial charge in [0.05, 0.1) is 13.2 Å². The van der Waals surface area contributed by atoms with Crippen LogP contribution in [0, 0.1) is 5.92 Å². The topological polar surface area (TPSA) is 57.4 Å². The van der Waals surface area contributed by atoms with Gasteiger partial charge in [-0.25, -0.2) is 4.98 Å². The molecule has 0 bridgehead atoms. The van der Waals surface area contributed by atoms with Gasteiger partial charge in [-0.1, -0.05) is 0 Å². The zero-order chi connectivity index (χ0) is 11.4. The molecule has 88 valence electrons. The van der Waals surface area contributed by atoms with Crippen molar-refractivity contribution in [2.75, 3.05) is 19.8 Å². The lowest BCUT2D eigenvalue weighted by atomic mass is 10.1. The van der Waals surface area contributed by atoms with Gasteiger partial charge in [0.15, 0.2) is 0 Å². The highest BCUT2D eigenvalue weighted by molar-refractivity contribution is 9.10. The smallest absolute Gasteiger partial charge is 0.217 e. The molecule has 5 heteroatoms. The Balaban J connectivity index is 1.97. The second-order valence-electron chi connectivity index (χ2n) is 3.86. The Hall–Kier alpha value is -0.650. The summed E-state index contributed by atoms with van der Waals surface area (Å²) < 4.78 is 11.9. The number of halogens is 1. The van der Waals surface area contributed by atoms with Crippen molar-refractivity contribution in [2.24, 2.45) is 11.7 Å². The highest BCUT2D eigenvalue weighted by atomic mass is 79.9. The monoisotopic (exact) mass is 286 g/mol. The normalized spacial score (nSPS) is 20.0. The van der Waals surface area contributed by atoms with Crippen LogP contribution in [0.2, 0.25) is 0 Å². The third-order valence-corrected chi connectivity index (χ3v) is 3.03. The number of pyridine rings is 1. The molecule has 0 saturated carbocycles. The molecule has 2 rings (SSSR count). The van der Waals surface area contributed by atoms with E-state index >= 15 is 0 Å². The molecule has 0 aromatic carbocycles. The minimum absolute atomic E-state index is 0.433. The van der Waals surface area contributed by atoms with Crippen LogP contribution in [-0.2, 0) is 11.3 Å². The molecule has 4 nitrogen and oxygen atoms in total. The minimum Gasteiger partial charge on any atom is -0.477 e. The first kappa shape index (κ1) is 11.8. The van der Waals surface area contributed by atoms with Crippen LogP contribution in [0.4, 0.5) is 0 Å². The fraction of sp³-hybridized carbons (Fsp3) is 0.545. The average Bonchev–Trinajstić information content (AvgIpc) is 2.80. The van der Waals surface area contributed by atoms with Gasteiger partial charge in [-0.15, -0.1) is 0 Å². The molecule has 0 spiro atoms. The second-order valence-corrected chi connectivity index (χ2v) is 4.78. The van der Waals surface area contributed by atoms with Gasteiger partial charge >= 0.3 is 0 Å². The minimum atomic E-state index is 0.433. The maximum Gasteiger partial charge on any atom is 0.217 e. The van der Waals surface area contributed by atoms with E-state index in [4.69, 9.17) is 15.2 Å². The summed E-state index contributed by atoms with van der Waals surface area (Å²) in [6, 6.07) is 1.94. The Morgan fingerprint density at radius 3 is 3.19 bits per heavy atom. The first-order valence-corrected chi connectivity index (χ1v) is 6.14. The van der Waals surface area contributed by atoms with Crippen molar-refractivity contribution in [3.63, 3.8) is 0 Å². The van der Waals surface area contributed by atoms with Crippen LogP contribution in [-0.4, -0.2) is 24.8 Å². The maximum atomic E-state index is 5.68. The van der Waals surface area contributed by atoms with Gasteiger partial charge in [-0.2, -0.15) is 0 Å². The quantitative estimate of drug-likeness (QED) is 0.916. The molecule has 1 unspecified atom stereocenters. The molecule has 0 amide bonds. The Morgan fingerprint density at radius 2 is 2.50 bits per heavy atom. The van der Waals surface area contributed by atoms with Crippen LogP contribution in [0.1, 0.15) is 12.0 Å². The van der Waals surface area contributed by atoms with E-state index in [-0.39, 0.29) is 0 Å². The van der Waals surface area contributed by atoms with Crippen LogP contribution >= 0.6 is 15.9 Å². The molecule has 1 aromatic rings. The lowest BCUT2D eigenvalue weighted by molar-refractivity contribution is 0.165. The summed E-state index contributed by atoms with van der Waals surface area (Å²) >= 11 is 3.36. The largest absolute Gasteiger partial charge is 0.477 e. The molecule has 1 aliphatic heterocycles. The van der Waals surface area contributed by atoms with Crippen LogP contribution in [0.3, 0.4) is 0 Å². The summed E-state index contributed by atoms with van der Waals surface area (Å²) in [6.07, 6.45) is 2.79. The van der Waals surface area contributed by atoms with Gasteiger partial charge < -0.3 is 15.2 Å². The van der Waals surface area contributed by atoms with E-state index in [9.17, 15) is 0 Å². The first-order chi connectivity index (χ1) is 7.79. The molecule has 1 aliphatic rings. The third-order valence-electron chi connectivity index (χ3n) is 2.59. The van der Waals surface area contributed by atoms with Crippen molar-refractivity contribution in [2.45, 2.75) is 13.0 Å². The third kappa shape index (κ3) is 2.93. The standard InChI is InChI=1S/C11H15BrN2O2/c12-10-3-9(4-13)11(14-5-10)16-7-8-1-2-15-6-8/h3,5,8H,1-2,4,6-7,13H2. The lowest BCUT2D eigenvalue weighted by Gasteiger charge is -2.12. The predicted molar refractivity (Wildman–Crippen MR) is 64.2 cm³/mol. The van der Waals surface area contributed by atoms with Gasteiger partial charge in [-0.05, 0) is 28.4 Å². The van der Waals surface area contributed by atoms with Crippen molar-refractivity contribution < 1.29 is 9.47 Å². The number of nitrogens with zero attached hydrogens (tertiary/aromatic N) is 1. The molecule has 1 aromatic heterocycles. The van der Waals surface area contributed by atoms with Crippen molar-refractivity contribution in [1.29, 1.82) is 0 Å². The lowest BCUT2D eigenvalue weighted by Crippen LogP contribution is -2.14. The number of rotatable bonds is 4. The van der Waals surface area contributed by atoms with Gasteiger partial charge in [-0.3, -0.25) is 0 Å². The van der Waals surface area contributed by atoms with E-state index < -0.39 is 0 Å². The van der Waals surface area contributed by atoms with E-state index in [0.29, 0.717) is 24.9 Å². The van der Waals surface area contributed by atoms with E-state index in [1.54, 1.807) is 6.20 Å². The summed E-state index contributed by atoms with van der Waals surface area (Å²) in [5.41, 5.74) is 6.56. The number of hydrogen-bond acceptors (Lipinski definition) is 4. The van der Waals surface area contributed by atoms with E-state index in [1.165, 1.54) is 0 Å². The first-order valence-electron chi connectivity index (χ1n) is 5.34. The van der Waals surface area contributed by atoms with Crippen molar-refractivity contribution >= 4 is 15.9 Å². The summed E-state index contributed by atoms with van der Waals surface area (Å²) in [5, 5.41) is 0. The highest BCUT2D eigenvalue weighted by Crippen LogP contribution is 2.21. The van der Waals surface area contributed by atoms with Crippen LogP contribution in [0.25, 0.3) is 0 Å². The van der Waals surface area contributed by atoms with Gasteiger partial charge in [0.25, 0.3) is 0 Å². The SMILES string of the molecule is NCc1cc(Br)cnc1OCC1CCOC1. The molecule has 1 fully saturated rings. The Labute approximate surface area is 103 Å². The summed E-state index contributed by atoms with van der Waals surface area (Å²) in [4.78, 5) is 4.22. The zero-order valence-electron chi connectivity index (χ0n) is 8.99. The molecule has 0 radical (unpaired) electrons. The Morgan fingerprint density at radius 1 is 1.62 bits per heavy atom. The summed E-state index contributed by atoms with van der Waals surface area (Å²) in [6.45, 7) is 2.71. The predicted octanol–water partition coefficient (Wildman–Crippen LogP) is 1.72. The summed E-state index contributed by atoms with van der Waals surface area (Å²) in [5.74, 6) is 1.12.